The maximum absolute atomic E-state index is 13.7. The van der Waals surface area contributed by atoms with Crippen LogP contribution in [0.2, 0.25) is 0 Å². The van der Waals surface area contributed by atoms with Crippen molar-refractivity contribution in [2.45, 2.75) is 13.5 Å². The molecule has 0 spiro atoms. The smallest absolute Gasteiger partial charge is 0.335 e. The number of aromatic carboxylic acids is 1. The Morgan fingerprint density at radius 1 is 1.53 bits per heavy atom. The Morgan fingerprint density at radius 3 is 2.82 bits per heavy atom. The van der Waals surface area contributed by atoms with E-state index >= 15 is 0 Å². The first-order chi connectivity index (χ1) is 8.11. The second-order valence-corrected chi connectivity index (χ2v) is 3.58. The van der Waals surface area contributed by atoms with E-state index in [4.69, 9.17) is 5.11 Å². The highest BCUT2D eigenvalue weighted by Crippen LogP contribution is 2.23. The minimum absolute atomic E-state index is 0.0610. The van der Waals surface area contributed by atoms with Gasteiger partial charge in [-0.2, -0.15) is 5.10 Å². The molecule has 1 aromatic carbocycles. The van der Waals surface area contributed by atoms with Crippen LogP contribution in [0.1, 0.15) is 17.3 Å². The molecule has 0 saturated carbocycles. The highest BCUT2D eigenvalue weighted by atomic mass is 19.1. The molecule has 2 aromatic rings. The fourth-order valence-electron chi connectivity index (χ4n) is 1.56. The Morgan fingerprint density at radius 2 is 2.29 bits per heavy atom. The highest BCUT2D eigenvalue weighted by Gasteiger charge is 2.11. The molecule has 0 aliphatic carbocycles. The summed E-state index contributed by atoms with van der Waals surface area (Å²) in [7, 11) is 0. The van der Waals surface area contributed by atoms with Gasteiger partial charge >= 0.3 is 5.97 Å². The van der Waals surface area contributed by atoms with E-state index in [1.54, 1.807) is 17.1 Å². The lowest BCUT2D eigenvalue weighted by atomic mass is 10.1. The number of rotatable bonds is 3. The third-order valence-electron chi connectivity index (χ3n) is 2.48. The fourth-order valence-corrected chi connectivity index (χ4v) is 1.56. The molecule has 0 unspecified atom stereocenters. The molecule has 2 rings (SSSR count). The summed E-state index contributed by atoms with van der Waals surface area (Å²) in [5, 5.41) is 12.8. The second kappa shape index (κ2) is 4.37. The molecule has 1 N–H and O–H groups in total. The van der Waals surface area contributed by atoms with Crippen LogP contribution in [0, 0.1) is 5.82 Å². The van der Waals surface area contributed by atoms with Crippen molar-refractivity contribution in [3.63, 3.8) is 0 Å². The van der Waals surface area contributed by atoms with Crippen molar-refractivity contribution in [2.75, 3.05) is 0 Å². The monoisotopic (exact) mass is 234 g/mol. The lowest BCUT2D eigenvalue weighted by Gasteiger charge is -2.01. The number of aromatic nitrogens is 2. The molecule has 17 heavy (non-hydrogen) atoms. The largest absolute Gasteiger partial charge is 0.478 e. The normalized spacial score (nSPS) is 10.5. The lowest BCUT2D eigenvalue weighted by Crippen LogP contribution is -1.97. The van der Waals surface area contributed by atoms with Crippen LogP contribution in [-0.2, 0) is 6.54 Å². The zero-order valence-corrected chi connectivity index (χ0v) is 9.22. The molecule has 0 bridgehead atoms. The van der Waals surface area contributed by atoms with Crippen LogP contribution in [-0.4, -0.2) is 20.9 Å². The Kier molecular flexibility index (Phi) is 2.91. The summed E-state index contributed by atoms with van der Waals surface area (Å²) in [6, 6.07) is 3.85. The van der Waals surface area contributed by atoms with Crippen LogP contribution in [0.4, 0.5) is 4.39 Å². The first-order valence-corrected chi connectivity index (χ1v) is 5.17. The lowest BCUT2D eigenvalue weighted by molar-refractivity contribution is 0.0696. The summed E-state index contributed by atoms with van der Waals surface area (Å²) in [6.45, 7) is 2.63. The number of aryl methyl sites for hydroxylation is 1. The molecule has 0 radical (unpaired) electrons. The summed E-state index contributed by atoms with van der Waals surface area (Å²) in [4.78, 5) is 10.7. The molecule has 0 amide bonds. The van der Waals surface area contributed by atoms with E-state index in [1.807, 2.05) is 6.92 Å². The zero-order chi connectivity index (χ0) is 12.4. The van der Waals surface area contributed by atoms with Gasteiger partial charge in [0.2, 0.25) is 0 Å². The number of hydrogen-bond acceptors (Lipinski definition) is 2. The number of benzene rings is 1. The van der Waals surface area contributed by atoms with Gasteiger partial charge in [-0.3, -0.25) is 4.68 Å². The summed E-state index contributed by atoms with van der Waals surface area (Å²) < 4.78 is 15.4. The van der Waals surface area contributed by atoms with E-state index in [0.29, 0.717) is 17.7 Å². The molecule has 0 aliphatic rings. The summed E-state index contributed by atoms with van der Waals surface area (Å²) in [6.07, 6.45) is 3.28. The molecule has 1 heterocycles. The zero-order valence-electron chi connectivity index (χ0n) is 9.22. The van der Waals surface area contributed by atoms with E-state index in [9.17, 15) is 9.18 Å². The van der Waals surface area contributed by atoms with E-state index in [2.05, 4.69) is 5.10 Å². The van der Waals surface area contributed by atoms with E-state index < -0.39 is 11.8 Å². The first-order valence-electron chi connectivity index (χ1n) is 5.17. The van der Waals surface area contributed by atoms with Crippen LogP contribution >= 0.6 is 0 Å². The number of halogens is 1. The quantitative estimate of drug-likeness (QED) is 0.887. The number of nitrogens with zero attached hydrogens (tertiary/aromatic N) is 2. The van der Waals surface area contributed by atoms with Gasteiger partial charge < -0.3 is 5.11 Å². The van der Waals surface area contributed by atoms with Crippen LogP contribution in [0.5, 0.6) is 0 Å². The van der Waals surface area contributed by atoms with Gasteiger partial charge in [0.1, 0.15) is 5.82 Å². The molecule has 0 saturated heterocycles. The van der Waals surface area contributed by atoms with Crippen molar-refractivity contribution in [2.24, 2.45) is 0 Å². The van der Waals surface area contributed by atoms with E-state index in [1.165, 1.54) is 12.1 Å². The van der Waals surface area contributed by atoms with Gasteiger partial charge in [0.15, 0.2) is 0 Å². The van der Waals surface area contributed by atoms with Crippen LogP contribution in [0.25, 0.3) is 11.1 Å². The topological polar surface area (TPSA) is 55.1 Å². The first kappa shape index (κ1) is 11.3. The SMILES string of the molecule is CCn1cc(-c2ccc(C(=O)O)cc2F)cn1. The van der Waals surface area contributed by atoms with E-state index in [0.717, 1.165) is 6.07 Å². The van der Waals surface area contributed by atoms with Crippen molar-refractivity contribution in [3.05, 3.63) is 42.0 Å². The number of carboxylic acids is 1. The third kappa shape index (κ3) is 2.18. The Balaban J connectivity index is 2.42. The van der Waals surface area contributed by atoms with E-state index in [-0.39, 0.29) is 5.56 Å². The van der Waals surface area contributed by atoms with Crippen LogP contribution < -0.4 is 0 Å². The van der Waals surface area contributed by atoms with Gasteiger partial charge in [0.05, 0.1) is 11.8 Å². The molecule has 0 aliphatic heterocycles. The molecule has 0 fully saturated rings. The summed E-state index contributed by atoms with van der Waals surface area (Å²) in [5.74, 6) is -1.69. The van der Waals surface area contributed by atoms with Gasteiger partial charge in [-0.15, -0.1) is 0 Å². The molecule has 5 heteroatoms. The highest BCUT2D eigenvalue weighted by molar-refractivity contribution is 5.88. The predicted molar refractivity (Wildman–Crippen MR) is 60.3 cm³/mol. The molecule has 4 nitrogen and oxygen atoms in total. The number of hydrogen-bond donors (Lipinski definition) is 1. The van der Waals surface area contributed by atoms with Crippen molar-refractivity contribution in [1.82, 2.24) is 9.78 Å². The third-order valence-corrected chi connectivity index (χ3v) is 2.48. The van der Waals surface area contributed by atoms with Gasteiger partial charge in [-0.1, -0.05) is 6.07 Å². The Labute approximate surface area is 97.3 Å². The number of carboxylic acid groups (broad SMARTS) is 1. The Hall–Kier alpha value is -2.17. The number of carbonyl (C=O) groups is 1. The fraction of sp³-hybridized carbons (Fsp3) is 0.167. The van der Waals surface area contributed by atoms with Crippen molar-refractivity contribution < 1.29 is 14.3 Å². The van der Waals surface area contributed by atoms with Crippen molar-refractivity contribution in [1.29, 1.82) is 0 Å². The van der Waals surface area contributed by atoms with Crippen LogP contribution in [0.3, 0.4) is 0 Å². The molecule has 88 valence electrons. The predicted octanol–water partition coefficient (Wildman–Crippen LogP) is 2.41. The van der Waals surface area contributed by atoms with Gasteiger partial charge in [-0.25, -0.2) is 9.18 Å². The minimum atomic E-state index is -1.14. The average molecular weight is 234 g/mol. The molecular weight excluding hydrogens is 223 g/mol. The van der Waals surface area contributed by atoms with Gasteiger partial charge in [-0.05, 0) is 19.1 Å². The second-order valence-electron chi connectivity index (χ2n) is 3.58. The molecule has 0 atom stereocenters. The minimum Gasteiger partial charge on any atom is -0.478 e. The summed E-state index contributed by atoms with van der Waals surface area (Å²) in [5.41, 5.74) is 0.935. The van der Waals surface area contributed by atoms with Gasteiger partial charge in [0, 0.05) is 23.9 Å². The van der Waals surface area contributed by atoms with Crippen molar-refractivity contribution >= 4 is 5.97 Å². The Bertz CT molecular complexity index is 563. The van der Waals surface area contributed by atoms with Crippen LogP contribution in [0.15, 0.2) is 30.6 Å². The summed E-state index contributed by atoms with van der Waals surface area (Å²) >= 11 is 0. The standard InChI is InChI=1S/C12H11FN2O2/c1-2-15-7-9(6-14-15)10-4-3-8(12(16)17)5-11(10)13/h3-7H,2H2,1H3,(H,16,17). The van der Waals surface area contributed by atoms with Crippen molar-refractivity contribution in [3.8, 4) is 11.1 Å². The van der Waals surface area contributed by atoms with Gasteiger partial charge in [0.25, 0.3) is 0 Å². The molecule has 1 aromatic heterocycles. The maximum atomic E-state index is 13.7. The maximum Gasteiger partial charge on any atom is 0.335 e. The average Bonchev–Trinajstić information content (AvgIpc) is 2.77. The molecular formula is C12H11FN2O2.